The normalized spacial score (nSPS) is 16.0. The summed E-state index contributed by atoms with van der Waals surface area (Å²) in [6, 6.07) is 10.2. The maximum absolute atomic E-state index is 13.8. The van der Waals surface area contributed by atoms with Gasteiger partial charge in [-0.1, -0.05) is 45.0 Å². The topological polar surface area (TPSA) is 102 Å². The van der Waals surface area contributed by atoms with Crippen LogP contribution in [0.4, 0.5) is 8.78 Å². The molecule has 1 fully saturated rings. The molecule has 0 saturated carbocycles. The monoisotopic (exact) mass is 544 g/mol. The first kappa shape index (κ1) is 30.3. The maximum Gasteiger partial charge on any atom is 0.243 e. The van der Waals surface area contributed by atoms with E-state index in [4.69, 9.17) is 0 Å². The van der Waals surface area contributed by atoms with Gasteiger partial charge in [0.05, 0.1) is 31.8 Å². The smallest absolute Gasteiger partial charge is 0.243 e. The molecule has 212 valence electrons. The average molecular weight is 545 g/mol. The van der Waals surface area contributed by atoms with Gasteiger partial charge in [0.15, 0.2) is 0 Å². The Balaban J connectivity index is 1.64. The van der Waals surface area contributed by atoms with Crippen LogP contribution in [-0.2, 0) is 33.8 Å². The van der Waals surface area contributed by atoms with Crippen molar-refractivity contribution >= 4 is 17.7 Å². The zero-order valence-electron chi connectivity index (χ0n) is 22.8. The minimum absolute atomic E-state index is 0.0192. The van der Waals surface area contributed by atoms with Gasteiger partial charge in [-0.15, -0.1) is 0 Å². The minimum atomic E-state index is -1.08. The number of piperazine rings is 1. The Morgan fingerprint density at radius 1 is 1.00 bits per heavy atom. The molecule has 2 unspecified atom stereocenters. The van der Waals surface area contributed by atoms with Crippen molar-refractivity contribution in [2.45, 2.75) is 52.3 Å². The summed E-state index contributed by atoms with van der Waals surface area (Å²) in [5, 5.41) is 16.9. The Kier molecular flexibility index (Phi) is 11.1. The van der Waals surface area contributed by atoms with E-state index in [1.54, 1.807) is 0 Å². The van der Waals surface area contributed by atoms with E-state index in [1.807, 2.05) is 32.0 Å². The number of aliphatic hydroxyl groups excluding tert-OH is 1. The van der Waals surface area contributed by atoms with Gasteiger partial charge in [0.25, 0.3) is 0 Å². The molecule has 3 rings (SSSR count). The maximum atomic E-state index is 13.8. The van der Waals surface area contributed by atoms with Crippen molar-refractivity contribution < 1.29 is 28.3 Å². The van der Waals surface area contributed by atoms with Crippen molar-refractivity contribution in [3.8, 4) is 0 Å². The lowest BCUT2D eigenvalue weighted by atomic mass is 10.0. The molecule has 1 saturated heterocycles. The number of imide groups is 1. The Morgan fingerprint density at radius 3 is 2.26 bits per heavy atom. The first-order valence-corrected chi connectivity index (χ1v) is 13.3. The minimum Gasteiger partial charge on any atom is -0.390 e. The van der Waals surface area contributed by atoms with E-state index >= 15 is 0 Å². The Labute approximate surface area is 228 Å². The third-order valence-electron chi connectivity index (χ3n) is 6.51. The highest BCUT2D eigenvalue weighted by molar-refractivity contribution is 6.00. The SMILES string of the molecule is CCc1cccc(CNCC(O)C(Cc2cc(F)cc(F)c2)NC(=O)CN2CC(=O)N(CC(C)C)C(=O)C2)c1. The van der Waals surface area contributed by atoms with Gasteiger partial charge in [-0.25, -0.2) is 8.78 Å². The standard InChI is InChI=1S/C29H38F2N4O4/c1-4-20-6-5-7-21(8-20)13-32-14-26(36)25(11-22-9-23(30)12-24(31)10-22)33-27(37)16-34-17-28(38)35(15-19(2)3)29(39)18-34/h5-10,12,19,25-26,32,36H,4,11,13-18H2,1-3H3,(H,33,37). The van der Waals surface area contributed by atoms with Crippen LogP contribution in [0.3, 0.4) is 0 Å². The zero-order chi connectivity index (χ0) is 28.5. The quantitative estimate of drug-likeness (QED) is 0.334. The van der Waals surface area contributed by atoms with Gasteiger partial charge in [-0.3, -0.25) is 24.2 Å². The Bertz CT molecular complexity index is 1120. The summed E-state index contributed by atoms with van der Waals surface area (Å²) < 4.78 is 27.6. The fourth-order valence-corrected chi connectivity index (χ4v) is 4.62. The second kappa shape index (κ2) is 14.3. The molecule has 0 aromatic heterocycles. The summed E-state index contributed by atoms with van der Waals surface area (Å²) in [5.74, 6) is -2.62. The lowest BCUT2D eigenvalue weighted by Crippen LogP contribution is -2.57. The molecule has 0 aliphatic carbocycles. The van der Waals surface area contributed by atoms with E-state index in [0.717, 1.165) is 30.2 Å². The molecule has 10 heteroatoms. The van der Waals surface area contributed by atoms with Gasteiger partial charge in [-0.2, -0.15) is 0 Å². The molecule has 2 aromatic rings. The highest BCUT2D eigenvalue weighted by Crippen LogP contribution is 2.13. The lowest BCUT2D eigenvalue weighted by Gasteiger charge is -2.33. The van der Waals surface area contributed by atoms with Crippen LogP contribution in [0.2, 0.25) is 0 Å². The molecule has 3 N–H and O–H groups in total. The average Bonchev–Trinajstić information content (AvgIpc) is 2.85. The van der Waals surface area contributed by atoms with E-state index in [2.05, 4.69) is 23.6 Å². The van der Waals surface area contributed by atoms with E-state index < -0.39 is 29.7 Å². The van der Waals surface area contributed by atoms with E-state index in [1.165, 1.54) is 15.4 Å². The van der Waals surface area contributed by atoms with E-state index in [0.29, 0.717) is 13.1 Å². The molecule has 1 heterocycles. The Hall–Kier alpha value is -3.21. The number of nitrogens with one attached hydrogen (secondary N) is 2. The van der Waals surface area contributed by atoms with Crippen LogP contribution in [-0.4, -0.2) is 77.5 Å². The predicted molar refractivity (Wildman–Crippen MR) is 144 cm³/mol. The summed E-state index contributed by atoms with van der Waals surface area (Å²) >= 11 is 0. The largest absolute Gasteiger partial charge is 0.390 e. The second-order valence-electron chi connectivity index (χ2n) is 10.5. The number of carbonyl (C=O) groups is 3. The van der Waals surface area contributed by atoms with Crippen LogP contribution in [0.15, 0.2) is 42.5 Å². The number of hydrogen-bond donors (Lipinski definition) is 3. The van der Waals surface area contributed by atoms with Crippen molar-refractivity contribution in [2.75, 3.05) is 32.7 Å². The van der Waals surface area contributed by atoms with Crippen molar-refractivity contribution in [3.05, 3.63) is 70.8 Å². The Morgan fingerprint density at radius 2 is 1.64 bits per heavy atom. The highest BCUT2D eigenvalue weighted by Gasteiger charge is 2.32. The van der Waals surface area contributed by atoms with Crippen molar-refractivity contribution in [1.29, 1.82) is 0 Å². The number of carbonyl (C=O) groups excluding carboxylic acids is 3. The van der Waals surface area contributed by atoms with Crippen LogP contribution in [0.5, 0.6) is 0 Å². The van der Waals surface area contributed by atoms with Gasteiger partial charge in [0.1, 0.15) is 11.6 Å². The molecular weight excluding hydrogens is 506 g/mol. The fourth-order valence-electron chi connectivity index (χ4n) is 4.62. The van der Waals surface area contributed by atoms with Crippen LogP contribution in [0, 0.1) is 17.6 Å². The molecule has 0 bridgehead atoms. The van der Waals surface area contributed by atoms with Crippen LogP contribution in [0.1, 0.15) is 37.5 Å². The first-order chi connectivity index (χ1) is 18.5. The van der Waals surface area contributed by atoms with Crippen LogP contribution < -0.4 is 10.6 Å². The van der Waals surface area contributed by atoms with Crippen molar-refractivity contribution in [1.82, 2.24) is 20.4 Å². The molecule has 39 heavy (non-hydrogen) atoms. The number of benzene rings is 2. The fraction of sp³-hybridized carbons (Fsp3) is 0.483. The molecular formula is C29H38F2N4O4. The summed E-state index contributed by atoms with van der Waals surface area (Å²) in [5.41, 5.74) is 2.51. The number of hydrogen-bond acceptors (Lipinski definition) is 6. The number of rotatable bonds is 13. The third kappa shape index (κ3) is 9.49. The molecule has 1 aliphatic rings. The van der Waals surface area contributed by atoms with Crippen LogP contribution in [0.25, 0.3) is 0 Å². The van der Waals surface area contributed by atoms with Crippen molar-refractivity contribution in [3.63, 3.8) is 0 Å². The van der Waals surface area contributed by atoms with Crippen molar-refractivity contribution in [2.24, 2.45) is 5.92 Å². The molecule has 1 aliphatic heterocycles. The zero-order valence-corrected chi connectivity index (χ0v) is 22.8. The summed E-state index contributed by atoms with van der Waals surface area (Å²) in [4.78, 5) is 40.5. The van der Waals surface area contributed by atoms with Gasteiger partial charge in [0, 0.05) is 25.7 Å². The lowest BCUT2D eigenvalue weighted by molar-refractivity contribution is -0.152. The number of aryl methyl sites for hydroxylation is 1. The second-order valence-corrected chi connectivity index (χ2v) is 10.5. The summed E-state index contributed by atoms with van der Waals surface area (Å²) in [6.07, 6.45) is -0.200. The first-order valence-electron chi connectivity index (χ1n) is 13.3. The molecule has 0 radical (unpaired) electrons. The number of halogens is 2. The molecule has 2 atom stereocenters. The predicted octanol–water partition coefficient (Wildman–Crippen LogP) is 2.03. The molecule has 2 aromatic carbocycles. The van der Waals surface area contributed by atoms with Gasteiger partial charge < -0.3 is 15.7 Å². The molecule has 3 amide bonds. The van der Waals surface area contributed by atoms with Gasteiger partial charge >= 0.3 is 0 Å². The highest BCUT2D eigenvalue weighted by atomic mass is 19.1. The number of nitrogens with zero attached hydrogens (tertiary/aromatic N) is 2. The van der Waals surface area contributed by atoms with Gasteiger partial charge in [-0.05, 0) is 47.6 Å². The summed E-state index contributed by atoms with van der Waals surface area (Å²) in [7, 11) is 0. The summed E-state index contributed by atoms with van der Waals surface area (Å²) in [6.45, 7) is 6.43. The van der Waals surface area contributed by atoms with E-state index in [-0.39, 0.29) is 55.9 Å². The van der Waals surface area contributed by atoms with Crippen LogP contribution >= 0.6 is 0 Å². The van der Waals surface area contributed by atoms with E-state index in [9.17, 15) is 28.3 Å². The number of aliphatic hydroxyl groups is 1. The van der Waals surface area contributed by atoms with Gasteiger partial charge in [0.2, 0.25) is 17.7 Å². The molecule has 8 nitrogen and oxygen atoms in total. The molecule has 0 spiro atoms. The number of amides is 3. The third-order valence-corrected chi connectivity index (χ3v) is 6.51.